The van der Waals surface area contributed by atoms with Gasteiger partial charge in [-0.05, 0) is 52.0 Å². The van der Waals surface area contributed by atoms with Gasteiger partial charge < -0.3 is 15.4 Å². The standard InChI is InChI=1S/C12H22N2O2/c1-12(2,3)16-11(15)14-7-10-9-6-8(9)4-5-13-10/h8-10,13H,4-7H2,1-3H3,(H,14,15). The van der Waals surface area contributed by atoms with Crippen molar-refractivity contribution < 1.29 is 9.53 Å². The fraction of sp³-hybridized carbons (Fsp3) is 0.917. The number of fused-ring (bicyclic) bond motifs is 1. The zero-order chi connectivity index (χ0) is 11.8. The van der Waals surface area contributed by atoms with Crippen LogP contribution >= 0.6 is 0 Å². The highest BCUT2D eigenvalue weighted by atomic mass is 16.6. The summed E-state index contributed by atoms with van der Waals surface area (Å²) in [6, 6.07) is 0.450. The predicted octanol–water partition coefficient (Wildman–Crippen LogP) is 1.51. The third kappa shape index (κ3) is 3.11. The first-order valence-electron chi connectivity index (χ1n) is 6.16. The van der Waals surface area contributed by atoms with Gasteiger partial charge in [-0.15, -0.1) is 0 Å². The van der Waals surface area contributed by atoms with E-state index in [-0.39, 0.29) is 6.09 Å². The summed E-state index contributed by atoms with van der Waals surface area (Å²) in [4.78, 5) is 11.5. The third-order valence-corrected chi connectivity index (χ3v) is 3.28. The number of hydrogen-bond acceptors (Lipinski definition) is 3. The monoisotopic (exact) mass is 226 g/mol. The van der Waals surface area contributed by atoms with Gasteiger partial charge in [-0.1, -0.05) is 0 Å². The molecule has 2 N–H and O–H groups in total. The number of carbonyl (C=O) groups excluding carboxylic acids is 1. The number of amides is 1. The van der Waals surface area contributed by atoms with Gasteiger partial charge in [0.2, 0.25) is 0 Å². The van der Waals surface area contributed by atoms with Crippen LogP contribution in [0.3, 0.4) is 0 Å². The number of alkyl carbamates (subject to hydrolysis) is 1. The largest absolute Gasteiger partial charge is 0.444 e. The molecule has 1 aliphatic carbocycles. The Balaban J connectivity index is 1.69. The van der Waals surface area contributed by atoms with Crippen LogP contribution in [-0.4, -0.2) is 30.8 Å². The van der Waals surface area contributed by atoms with Crippen LogP contribution in [-0.2, 0) is 4.74 Å². The highest BCUT2D eigenvalue weighted by Gasteiger charge is 2.44. The average Bonchev–Trinajstić information content (AvgIpc) is 2.90. The Labute approximate surface area is 97.1 Å². The molecule has 3 unspecified atom stereocenters. The zero-order valence-electron chi connectivity index (χ0n) is 10.4. The number of rotatable bonds is 2. The summed E-state index contributed by atoms with van der Waals surface area (Å²) in [5.74, 6) is 1.69. The molecule has 2 aliphatic rings. The minimum absolute atomic E-state index is 0.308. The van der Waals surface area contributed by atoms with E-state index >= 15 is 0 Å². The lowest BCUT2D eigenvalue weighted by Crippen LogP contribution is -2.46. The summed E-state index contributed by atoms with van der Waals surface area (Å²) in [6.45, 7) is 7.41. The van der Waals surface area contributed by atoms with Crippen molar-refractivity contribution in [1.29, 1.82) is 0 Å². The summed E-state index contributed by atoms with van der Waals surface area (Å²) < 4.78 is 5.20. The molecule has 0 aromatic carbocycles. The van der Waals surface area contributed by atoms with E-state index in [4.69, 9.17) is 4.74 Å². The van der Waals surface area contributed by atoms with Crippen LogP contribution in [0, 0.1) is 11.8 Å². The average molecular weight is 226 g/mol. The fourth-order valence-corrected chi connectivity index (χ4v) is 2.43. The van der Waals surface area contributed by atoms with Crippen molar-refractivity contribution >= 4 is 6.09 Å². The lowest BCUT2D eigenvalue weighted by atomic mass is 10.1. The molecule has 4 nitrogen and oxygen atoms in total. The van der Waals surface area contributed by atoms with Gasteiger partial charge in [0.25, 0.3) is 0 Å². The van der Waals surface area contributed by atoms with E-state index in [1.165, 1.54) is 12.8 Å². The van der Waals surface area contributed by atoms with Crippen LogP contribution in [0.5, 0.6) is 0 Å². The van der Waals surface area contributed by atoms with Crippen LogP contribution in [0.2, 0.25) is 0 Å². The molecule has 1 saturated heterocycles. The molecule has 0 aromatic heterocycles. The van der Waals surface area contributed by atoms with Crippen molar-refractivity contribution in [3.8, 4) is 0 Å². The Morgan fingerprint density at radius 2 is 2.25 bits per heavy atom. The molecular weight excluding hydrogens is 204 g/mol. The van der Waals surface area contributed by atoms with E-state index in [9.17, 15) is 4.79 Å². The van der Waals surface area contributed by atoms with Gasteiger partial charge in [0.05, 0.1) is 0 Å². The Hall–Kier alpha value is -0.770. The van der Waals surface area contributed by atoms with E-state index in [2.05, 4.69) is 10.6 Å². The van der Waals surface area contributed by atoms with Gasteiger partial charge in [-0.3, -0.25) is 0 Å². The topological polar surface area (TPSA) is 50.4 Å². The van der Waals surface area contributed by atoms with E-state index in [0.717, 1.165) is 18.4 Å². The van der Waals surface area contributed by atoms with E-state index < -0.39 is 5.60 Å². The summed E-state index contributed by atoms with van der Waals surface area (Å²) in [5, 5.41) is 6.30. The molecule has 0 bridgehead atoms. The lowest BCUT2D eigenvalue weighted by molar-refractivity contribution is 0.0519. The SMILES string of the molecule is CC(C)(C)OC(=O)NCC1NCCC2CC21. The highest BCUT2D eigenvalue weighted by molar-refractivity contribution is 5.67. The minimum atomic E-state index is -0.411. The fourth-order valence-electron chi connectivity index (χ4n) is 2.43. The summed E-state index contributed by atoms with van der Waals surface area (Å²) in [7, 11) is 0. The first kappa shape index (κ1) is 11.7. The molecule has 1 amide bonds. The quantitative estimate of drug-likeness (QED) is 0.750. The molecule has 0 spiro atoms. The normalized spacial score (nSPS) is 32.8. The Bertz CT molecular complexity index is 273. The van der Waals surface area contributed by atoms with Crippen LogP contribution in [0.1, 0.15) is 33.6 Å². The van der Waals surface area contributed by atoms with E-state index in [0.29, 0.717) is 12.6 Å². The molecule has 0 radical (unpaired) electrons. The van der Waals surface area contributed by atoms with Crippen LogP contribution in [0.25, 0.3) is 0 Å². The molecule has 1 aliphatic heterocycles. The van der Waals surface area contributed by atoms with Crippen LogP contribution < -0.4 is 10.6 Å². The van der Waals surface area contributed by atoms with Crippen molar-refractivity contribution in [2.24, 2.45) is 11.8 Å². The van der Waals surface area contributed by atoms with Crippen molar-refractivity contribution in [2.45, 2.75) is 45.3 Å². The maximum absolute atomic E-state index is 11.5. The maximum Gasteiger partial charge on any atom is 0.407 e. The highest BCUT2D eigenvalue weighted by Crippen LogP contribution is 2.45. The summed E-state index contributed by atoms with van der Waals surface area (Å²) >= 11 is 0. The van der Waals surface area contributed by atoms with Gasteiger partial charge in [0, 0.05) is 12.6 Å². The second-order valence-electron chi connectivity index (χ2n) is 5.89. The van der Waals surface area contributed by atoms with Gasteiger partial charge in [-0.25, -0.2) is 4.79 Å². The number of piperidine rings is 1. The molecule has 0 aromatic rings. The van der Waals surface area contributed by atoms with Crippen LogP contribution in [0.15, 0.2) is 0 Å². The molecule has 3 atom stereocenters. The molecule has 2 fully saturated rings. The van der Waals surface area contributed by atoms with Crippen molar-refractivity contribution in [1.82, 2.24) is 10.6 Å². The number of ether oxygens (including phenoxy) is 1. The second kappa shape index (κ2) is 4.24. The lowest BCUT2D eigenvalue weighted by Gasteiger charge is -2.25. The molecule has 1 saturated carbocycles. The number of carbonyl (C=O) groups is 1. The third-order valence-electron chi connectivity index (χ3n) is 3.28. The smallest absolute Gasteiger partial charge is 0.407 e. The summed E-state index contributed by atoms with van der Waals surface area (Å²) in [6.07, 6.45) is 2.32. The molecule has 16 heavy (non-hydrogen) atoms. The Kier molecular flexibility index (Phi) is 3.10. The maximum atomic E-state index is 11.5. The van der Waals surface area contributed by atoms with Crippen molar-refractivity contribution in [3.63, 3.8) is 0 Å². The molecule has 2 rings (SSSR count). The minimum Gasteiger partial charge on any atom is -0.444 e. The Morgan fingerprint density at radius 1 is 1.50 bits per heavy atom. The van der Waals surface area contributed by atoms with Gasteiger partial charge in [0.15, 0.2) is 0 Å². The number of hydrogen-bond donors (Lipinski definition) is 2. The first-order chi connectivity index (χ1) is 7.46. The second-order valence-corrected chi connectivity index (χ2v) is 5.89. The van der Waals surface area contributed by atoms with E-state index in [1.54, 1.807) is 0 Å². The molecule has 1 heterocycles. The summed E-state index contributed by atoms with van der Waals surface area (Å²) in [5.41, 5.74) is -0.411. The molecular formula is C12H22N2O2. The zero-order valence-corrected chi connectivity index (χ0v) is 10.4. The van der Waals surface area contributed by atoms with Gasteiger partial charge >= 0.3 is 6.09 Å². The van der Waals surface area contributed by atoms with E-state index in [1.807, 2.05) is 20.8 Å². The predicted molar refractivity (Wildman–Crippen MR) is 62.2 cm³/mol. The van der Waals surface area contributed by atoms with Gasteiger partial charge in [-0.2, -0.15) is 0 Å². The first-order valence-corrected chi connectivity index (χ1v) is 6.16. The Morgan fingerprint density at radius 3 is 2.94 bits per heavy atom. The van der Waals surface area contributed by atoms with Crippen molar-refractivity contribution in [2.75, 3.05) is 13.1 Å². The molecule has 4 heteroatoms. The number of nitrogens with one attached hydrogen (secondary N) is 2. The van der Waals surface area contributed by atoms with Crippen LogP contribution in [0.4, 0.5) is 4.79 Å². The molecule has 92 valence electrons. The van der Waals surface area contributed by atoms with Crippen molar-refractivity contribution in [3.05, 3.63) is 0 Å². The van der Waals surface area contributed by atoms with Gasteiger partial charge in [0.1, 0.15) is 5.60 Å².